The molecule has 0 radical (unpaired) electrons. The van der Waals surface area contributed by atoms with E-state index in [0.717, 1.165) is 11.3 Å². The number of ether oxygens (including phenoxy) is 2. The van der Waals surface area contributed by atoms with Crippen LogP contribution in [0.2, 0.25) is 0 Å². The fourth-order valence-corrected chi connectivity index (χ4v) is 2.73. The van der Waals surface area contributed by atoms with E-state index in [1.807, 2.05) is 24.3 Å². The van der Waals surface area contributed by atoms with Gasteiger partial charge in [-0.25, -0.2) is 4.79 Å². The summed E-state index contributed by atoms with van der Waals surface area (Å²) in [6, 6.07) is 6.82. The topological polar surface area (TPSA) is 72.9 Å². The highest BCUT2D eigenvalue weighted by molar-refractivity contribution is 6.02. The molecule has 124 valence electrons. The first kappa shape index (κ1) is 17.0. The summed E-state index contributed by atoms with van der Waals surface area (Å²) in [7, 11) is 1.32. The van der Waals surface area contributed by atoms with Crippen molar-refractivity contribution in [2.75, 3.05) is 18.6 Å². The highest BCUT2D eigenvalue weighted by Crippen LogP contribution is 2.33. The average Bonchev–Trinajstić information content (AvgIpc) is 2.94. The molecule has 1 aliphatic rings. The number of hydrogen-bond acceptors (Lipinski definition) is 5. The highest BCUT2D eigenvalue weighted by Gasteiger charge is 2.38. The molecule has 0 unspecified atom stereocenters. The number of carbonyl (C=O) groups excluding carboxylic acids is 3. The largest absolute Gasteiger partial charge is 0.469 e. The SMILES string of the molecule is CCOC(=O)[C@@H]1Cc2ccccc2N1C(=O)CCCC(=O)OC. The van der Waals surface area contributed by atoms with Crippen LogP contribution in [0.5, 0.6) is 0 Å². The molecule has 23 heavy (non-hydrogen) atoms. The van der Waals surface area contributed by atoms with Gasteiger partial charge in [-0.05, 0) is 25.0 Å². The summed E-state index contributed by atoms with van der Waals surface area (Å²) in [5, 5.41) is 0. The van der Waals surface area contributed by atoms with Crippen molar-refractivity contribution < 1.29 is 23.9 Å². The second-order valence-corrected chi connectivity index (χ2v) is 5.29. The van der Waals surface area contributed by atoms with Gasteiger partial charge in [-0.15, -0.1) is 0 Å². The van der Waals surface area contributed by atoms with E-state index >= 15 is 0 Å². The molecule has 1 aromatic rings. The van der Waals surface area contributed by atoms with Crippen LogP contribution in [0.3, 0.4) is 0 Å². The van der Waals surface area contributed by atoms with E-state index in [-0.39, 0.29) is 31.3 Å². The number of anilines is 1. The molecule has 0 N–H and O–H groups in total. The van der Waals surface area contributed by atoms with Crippen molar-refractivity contribution in [3.63, 3.8) is 0 Å². The van der Waals surface area contributed by atoms with Gasteiger partial charge in [0.1, 0.15) is 6.04 Å². The van der Waals surface area contributed by atoms with E-state index in [2.05, 4.69) is 4.74 Å². The molecule has 0 spiro atoms. The molecule has 0 fully saturated rings. The van der Waals surface area contributed by atoms with Gasteiger partial charge in [-0.1, -0.05) is 18.2 Å². The minimum absolute atomic E-state index is 0.180. The summed E-state index contributed by atoms with van der Waals surface area (Å²) in [6.07, 6.45) is 1.21. The van der Waals surface area contributed by atoms with Gasteiger partial charge < -0.3 is 9.47 Å². The van der Waals surface area contributed by atoms with E-state index in [1.54, 1.807) is 6.92 Å². The number of benzene rings is 1. The third-order valence-electron chi connectivity index (χ3n) is 3.80. The molecule has 1 amide bonds. The van der Waals surface area contributed by atoms with Gasteiger partial charge in [-0.2, -0.15) is 0 Å². The number of methoxy groups -OCH3 is 1. The zero-order valence-electron chi connectivity index (χ0n) is 13.4. The number of amides is 1. The van der Waals surface area contributed by atoms with Crippen molar-refractivity contribution in [2.24, 2.45) is 0 Å². The van der Waals surface area contributed by atoms with E-state index in [0.29, 0.717) is 12.8 Å². The highest BCUT2D eigenvalue weighted by atomic mass is 16.5. The van der Waals surface area contributed by atoms with Crippen LogP contribution in [0.1, 0.15) is 31.7 Å². The quantitative estimate of drug-likeness (QED) is 0.748. The molecule has 2 rings (SSSR count). The Bertz CT molecular complexity index is 598. The fourth-order valence-electron chi connectivity index (χ4n) is 2.73. The number of hydrogen-bond donors (Lipinski definition) is 0. The first-order valence-electron chi connectivity index (χ1n) is 7.71. The van der Waals surface area contributed by atoms with Gasteiger partial charge in [0.05, 0.1) is 13.7 Å². The van der Waals surface area contributed by atoms with Crippen LogP contribution >= 0.6 is 0 Å². The summed E-state index contributed by atoms with van der Waals surface area (Å²) < 4.78 is 9.66. The summed E-state index contributed by atoms with van der Waals surface area (Å²) in [5.74, 6) is -0.927. The van der Waals surface area contributed by atoms with Gasteiger partial charge in [0.25, 0.3) is 0 Å². The van der Waals surface area contributed by atoms with E-state index in [1.165, 1.54) is 12.0 Å². The van der Waals surface area contributed by atoms with E-state index < -0.39 is 12.0 Å². The lowest BCUT2D eigenvalue weighted by atomic mass is 10.1. The number of esters is 2. The summed E-state index contributed by atoms with van der Waals surface area (Å²) in [4.78, 5) is 37.4. The average molecular weight is 319 g/mol. The third-order valence-corrected chi connectivity index (χ3v) is 3.80. The lowest BCUT2D eigenvalue weighted by molar-refractivity contribution is -0.146. The first-order chi connectivity index (χ1) is 11.1. The summed E-state index contributed by atoms with van der Waals surface area (Å²) >= 11 is 0. The zero-order valence-corrected chi connectivity index (χ0v) is 13.4. The Labute approximate surface area is 135 Å². The normalized spacial score (nSPS) is 15.9. The van der Waals surface area contributed by atoms with Crippen molar-refractivity contribution in [2.45, 2.75) is 38.6 Å². The Hall–Kier alpha value is -2.37. The Kier molecular flexibility index (Phi) is 5.73. The van der Waals surface area contributed by atoms with Crippen molar-refractivity contribution >= 4 is 23.5 Å². The molecule has 1 aromatic carbocycles. The number of para-hydroxylation sites is 1. The number of fused-ring (bicyclic) bond motifs is 1. The predicted octanol–water partition coefficient (Wildman–Crippen LogP) is 1.85. The fraction of sp³-hybridized carbons (Fsp3) is 0.471. The molecule has 1 atom stereocenters. The van der Waals surface area contributed by atoms with Crippen LogP contribution in [-0.2, 0) is 30.3 Å². The Morgan fingerprint density at radius 2 is 1.96 bits per heavy atom. The number of carbonyl (C=O) groups is 3. The van der Waals surface area contributed by atoms with Gasteiger partial charge in [0.15, 0.2) is 0 Å². The van der Waals surface area contributed by atoms with Crippen LogP contribution in [0.25, 0.3) is 0 Å². The maximum Gasteiger partial charge on any atom is 0.329 e. The smallest absolute Gasteiger partial charge is 0.329 e. The van der Waals surface area contributed by atoms with Crippen LogP contribution in [0.4, 0.5) is 5.69 Å². The molecule has 6 heteroatoms. The van der Waals surface area contributed by atoms with Crippen LogP contribution in [-0.4, -0.2) is 37.6 Å². The maximum atomic E-state index is 12.6. The molecule has 1 heterocycles. The maximum absolute atomic E-state index is 12.6. The molecule has 1 aliphatic heterocycles. The molecular weight excluding hydrogens is 298 g/mol. The molecular formula is C17H21NO5. The number of nitrogens with zero attached hydrogens (tertiary/aromatic N) is 1. The van der Waals surface area contributed by atoms with Crippen LogP contribution < -0.4 is 4.90 Å². The van der Waals surface area contributed by atoms with Crippen molar-refractivity contribution in [1.82, 2.24) is 0 Å². The zero-order chi connectivity index (χ0) is 16.8. The molecule has 6 nitrogen and oxygen atoms in total. The second kappa shape index (κ2) is 7.76. The second-order valence-electron chi connectivity index (χ2n) is 5.29. The minimum Gasteiger partial charge on any atom is -0.469 e. The first-order valence-corrected chi connectivity index (χ1v) is 7.71. The minimum atomic E-state index is -0.627. The van der Waals surface area contributed by atoms with E-state index in [9.17, 15) is 14.4 Å². The molecule has 0 bridgehead atoms. The monoisotopic (exact) mass is 319 g/mol. The molecule has 0 aromatic heterocycles. The van der Waals surface area contributed by atoms with Gasteiger partial charge >= 0.3 is 11.9 Å². The lowest BCUT2D eigenvalue weighted by Crippen LogP contribution is -2.43. The van der Waals surface area contributed by atoms with Crippen molar-refractivity contribution in [3.05, 3.63) is 29.8 Å². The Balaban J connectivity index is 2.12. The van der Waals surface area contributed by atoms with Gasteiger partial charge in [0, 0.05) is 24.9 Å². The summed E-state index contributed by atoms with van der Waals surface area (Å²) in [6.45, 7) is 2.01. The van der Waals surface area contributed by atoms with Gasteiger partial charge in [-0.3, -0.25) is 14.5 Å². The molecule has 0 aliphatic carbocycles. The predicted molar refractivity (Wildman–Crippen MR) is 83.9 cm³/mol. The van der Waals surface area contributed by atoms with Crippen molar-refractivity contribution in [3.8, 4) is 0 Å². The molecule has 0 saturated heterocycles. The van der Waals surface area contributed by atoms with Crippen molar-refractivity contribution in [1.29, 1.82) is 0 Å². The lowest BCUT2D eigenvalue weighted by Gasteiger charge is -2.24. The third kappa shape index (κ3) is 3.88. The Morgan fingerprint density at radius 1 is 1.22 bits per heavy atom. The van der Waals surface area contributed by atoms with Crippen LogP contribution in [0.15, 0.2) is 24.3 Å². The standard InChI is InChI=1S/C17H21NO5/c1-3-23-17(21)14-11-12-7-4-5-8-13(12)18(14)15(19)9-6-10-16(20)22-2/h4-5,7-8,14H,3,6,9-11H2,1-2H3/t14-/m0/s1. The summed E-state index contributed by atoms with van der Waals surface area (Å²) in [5.41, 5.74) is 1.69. The van der Waals surface area contributed by atoms with Gasteiger partial charge in [0.2, 0.25) is 5.91 Å². The number of rotatable bonds is 6. The van der Waals surface area contributed by atoms with E-state index in [4.69, 9.17) is 4.74 Å². The Morgan fingerprint density at radius 3 is 2.65 bits per heavy atom. The molecule has 0 saturated carbocycles. The van der Waals surface area contributed by atoms with Crippen LogP contribution in [0, 0.1) is 0 Å².